The predicted molar refractivity (Wildman–Crippen MR) is 70.9 cm³/mol. The van der Waals surface area contributed by atoms with E-state index in [1.54, 1.807) is 0 Å². The van der Waals surface area contributed by atoms with Crippen LogP contribution in [-0.2, 0) is 0 Å². The van der Waals surface area contributed by atoms with Crippen LogP contribution in [0, 0.1) is 5.41 Å². The molecule has 0 aliphatic carbocycles. The van der Waals surface area contributed by atoms with E-state index in [9.17, 15) is 0 Å². The number of hydrogen-bond donors (Lipinski definition) is 1. The van der Waals surface area contributed by atoms with E-state index in [2.05, 4.69) is 49.9 Å². The summed E-state index contributed by atoms with van der Waals surface area (Å²) in [6, 6.07) is 0.635. The summed E-state index contributed by atoms with van der Waals surface area (Å²) in [6.45, 7) is 16.4. The quantitative estimate of drug-likeness (QED) is 0.780. The van der Waals surface area contributed by atoms with Crippen molar-refractivity contribution in [1.29, 1.82) is 0 Å². The Morgan fingerprint density at radius 3 is 2.31 bits per heavy atom. The van der Waals surface area contributed by atoms with Crippen molar-refractivity contribution in [3.63, 3.8) is 0 Å². The maximum absolute atomic E-state index is 3.39. The Morgan fingerprint density at radius 1 is 1.25 bits per heavy atom. The van der Waals surface area contributed by atoms with Crippen molar-refractivity contribution in [3.8, 4) is 0 Å². The maximum atomic E-state index is 3.39. The number of nitrogens with one attached hydrogen (secondary N) is 1. The molecule has 0 spiro atoms. The van der Waals surface area contributed by atoms with Crippen molar-refractivity contribution < 1.29 is 0 Å². The molecular formula is C13H29N3. The molecular weight excluding hydrogens is 198 g/mol. The van der Waals surface area contributed by atoms with E-state index in [4.69, 9.17) is 0 Å². The zero-order chi connectivity index (χ0) is 12.2. The Hall–Kier alpha value is -0.120. The van der Waals surface area contributed by atoms with Crippen LogP contribution in [0.1, 0.15) is 27.7 Å². The van der Waals surface area contributed by atoms with Gasteiger partial charge in [0.1, 0.15) is 0 Å². The summed E-state index contributed by atoms with van der Waals surface area (Å²) < 4.78 is 0. The standard InChI is InChI=1S/C13H29N3/c1-12(13(2,3)4)15(5)10-11-16-8-6-14-7-9-16/h12,14H,6-11H2,1-5H3. The van der Waals surface area contributed by atoms with Crippen molar-refractivity contribution >= 4 is 0 Å². The first-order valence-electron chi connectivity index (χ1n) is 6.54. The molecule has 1 fully saturated rings. The van der Waals surface area contributed by atoms with E-state index in [0.717, 1.165) is 13.1 Å². The van der Waals surface area contributed by atoms with Gasteiger partial charge in [-0.25, -0.2) is 0 Å². The Labute approximate surface area is 101 Å². The summed E-state index contributed by atoms with van der Waals surface area (Å²) in [5.41, 5.74) is 0.373. The monoisotopic (exact) mass is 227 g/mol. The summed E-state index contributed by atoms with van der Waals surface area (Å²) >= 11 is 0. The molecule has 1 N–H and O–H groups in total. The summed E-state index contributed by atoms with van der Waals surface area (Å²) in [5, 5.41) is 3.39. The molecule has 0 amide bonds. The highest BCUT2D eigenvalue weighted by molar-refractivity contribution is 4.78. The van der Waals surface area contributed by atoms with Gasteiger partial charge in [-0.15, -0.1) is 0 Å². The van der Waals surface area contributed by atoms with Crippen LogP contribution in [0.5, 0.6) is 0 Å². The van der Waals surface area contributed by atoms with E-state index in [1.807, 2.05) is 0 Å². The van der Waals surface area contributed by atoms with Crippen molar-refractivity contribution in [2.24, 2.45) is 5.41 Å². The lowest BCUT2D eigenvalue weighted by Gasteiger charge is -2.37. The molecule has 1 atom stereocenters. The summed E-state index contributed by atoms with van der Waals surface area (Å²) in [7, 11) is 2.25. The second-order valence-corrected chi connectivity index (χ2v) is 6.11. The zero-order valence-corrected chi connectivity index (χ0v) is 11.7. The maximum Gasteiger partial charge on any atom is 0.0113 e. The van der Waals surface area contributed by atoms with Gasteiger partial charge in [0, 0.05) is 45.3 Å². The smallest absolute Gasteiger partial charge is 0.0113 e. The van der Waals surface area contributed by atoms with Crippen LogP contribution in [0.15, 0.2) is 0 Å². The number of piperazine rings is 1. The molecule has 1 rings (SSSR count). The van der Waals surface area contributed by atoms with E-state index >= 15 is 0 Å². The molecule has 16 heavy (non-hydrogen) atoms. The van der Waals surface area contributed by atoms with Gasteiger partial charge in [0.25, 0.3) is 0 Å². The van der Waals surface area contributed by atoms with E-state index in [-0.39, 0.29) is 0 Å². The predicted octanol–water partition coefficient (Wildman–Crippen LogP) is 1.26. The lowest BCUT2D eigenvalue weighted by molar-refractivity contribution is 0.119. The second-order valence-electron chi connectivity index (χ2n) is 6.11. The highest BCUT2D eigenvalue weighted by Gasteiger charge is 2.23. The summed E-state index contributed by atoms with van der Waals surface area (Å²) in [5.74, 6) is 0. The third kappa shape index (κ3) is 4.40. The van der Waals surface area contributed by atoms with Crippen LogP contribution in [0.3, 0.4) is 0 Å². The van der Waals surface area contributed by atoms with Crippen LogP contribution in [0.25, 0.3) is 0 Å². The number of likely N-dealkylation sites (N-methyl/N-ethyl adjacent to an activating group) is 1. The van der Waals surface area contributed by atoms with E-state index < -0.39 is 0 Å². The molecule has 1 aliphatic heterocycles. The third-order valence-electron chi connectivity index (χ3n) is 3.89. The Morgan fingerprint density at radius 2 is 1.81 bits per heavy atom. The zero-order valence-electron chi connectivity index (χ0n) is 11.7. The molecule has 1 heterocycles. The minimum absolute atomic E-state index is 0.373. The van der Waals surface area contributed by atoms with Gasteiger partial charge in [0.2, 0.25) is 0 Å². The first-order chi connectivity index (χ1) is 7.41. The largest absolute Gasteiger partial charge is 0.314 e. The second kappa shape index (κ2) is 5.99. The Kier molecular flexibility index (Phi) is 5.22. The van der Waals surface area contributed by atoms with Crippen molar-refractivity contribution in [2.75, 3.05) is 46.3 Å². The Balaban J connectivity index is 2.25. The van der Waals surface area contributed by atoms with Crippen LogP contribution in [0.2, 0.25) is 0 Å². The minimum Gasteiger partial charge on any atom is -0.314 e. The highest BCUT2D eigenvalue weighted by Crippen LogP contribution is 2.22. The topological polar surface area (TPSA) is 18.5 Å². The normalized spacial score (nSPS) is 21.4. The van der Waals surface area contributed by atoms with Crippen LogP contribution in [-0.4, -0.2) is 62.2 Å². The molecule has 0 saturated carbocycles. The molecule has 1 unspecified atom stereocenters. The molecule has 1 saturated heterocycles. The van der Waals surface area contributed by atoms with Gasteiger partial charge in [-0.2, -0.15) is 0 Å². The lowest BCUT2D eigenvalue weighted by atomic mass is 9.87. The van der Waals surface area contributed by atoms with Gasteiger partial charge in [-0.1, -0.05) is 20.8 Å². The molecule has 3 nitrogen and oxygen atoms in total. The van der Waals surface area contributed by atoms with Gasteiger partial charge in [-0.05, 0) is 19.4 Å². The summed E-state index contributed by atoms with van der Waals surface area (Å²) in [4.78, 5) is 5.05. The van der Waals surface area contributed by atoms with Gasteiger partial charge >= 0.3 is 0 Å². The molecule has 0 radical (unpaired) electrons. The average molecular weight is 227 g/mol. The summed E-state index contributed by atoms with van der Waals surface area (Å²) in [6.07, 6.45) is 0. The van der Waals surface area contributed by atoms with Crippen LogP contribution < -0.4 is 5.32 Å². The van der Waals surface area contributed by atoms with Gasteiger partial charge in [0.05, 0.1) is 0 Å². The SMILES string of the molecule is CC(N(C)CCN1CCNCC1)C(C)(C)C. The number of nitrogens with zero attached hydrogens (tertiary/aromatic N) is 2. The fourth-order valence-corrected chi connectivity index (χ4v) is 2.09. The van der Waals surface area contributed by atoms with E-state index in [1.165, 1.54) is 26.2 Å². The molecule has 0 aromatic rings. The first-order valence-corrected chi connectivity index (χ1v) is 6.54. The highest BCUT2D eigenvalue weighted by atomic mass is 15.2. The van der Waals surface area contributed by atoms with Gasteiger partial charge < -0.3 is 10.2 Å². The molecule has 0 bridgehead atoms. The van der Waals surface area contributed by atoms with E-state index in [0.29, 0.717) is 11.5 Å². The van der Waals surface area contributed by atoms with Crippen LogP contribution in [0.4, 0.5) is 0 Å². The molecule has 0 aromatic heterocycles. The molecule has 3 heteroatoms. The lowest BCUT2D eigenvalue weighted by Crippen LogP contribution is -2.48. The number of hydrogen-bond acceptors (Lipinski definition) is 3. The molecule has 96 valence electrons. The Bertz CT molecular complexity index is 192. The minimum atomic E-state index is 0.373. The average Bonchev–Trinajstić information content (AvgIpc) is 2.25. The first kappa shape index (κ1) is 13.9. The van der Waals surface area contributed by atoms with Crippen LogP contribution >= 0.6 is 0 Å². The molecule has 0 aromatic carbocycles. The third-order valence-corrected chi connectivity index (χ3v) is 3.89. The van der Waals surface area contributed by atoms with Crippen molar-refractivity contribution in [2.45, 2.75) is 33.7 Å². The van der Waals surface area contributed by atoms with Crippen molar-refractivity contribution in [3.05, 3.63) is 0 Å². The van der Waals surface area contributed by atoms with Gasteiger partial charge in [-0.3, -0.25) is 4.90 Å². The van der Waals surface area contributed by atoms with Crippen molar-refractivity contribution in [1.82, 2.24) is 15.1 Å². The fraction of sp³-hybridized carbons (Fsp3) is 1.00. The molecule has 1 aliphatic rings. The number of rotatable bonds is 4. The fourth-order valence-electron chi connectivity index (χ4n) is 2.09. The van der Waals surface area contributed by atoms with Gasteiger partial charge in [0.15, 0.2) is 0 Å².